The molecule has 4 aromatic rings. The number of halogens is 3. The number of hydrogen-bond donors (Lipinski definition) is 0. The van der Waals surface area contributed by atoms with Crippen molar-refractivity contribution in [1.29, 1.82) is 0 Å². The minimum Gasteiger partial charge on any atom is -0.319 e. The zero-order valence-electron chi connectivity index (χ0n) is 15.0. The van der Waals surface area contributed by atoms with Crippen molar-refractivity contribution in [3.8, 4) is 11.4 Å². The molecule has 0 N–H and O–H groups in total. The van der Waals surface area contributed by atoms with Crippen molar-refractivity contribution in [3.05, 3.63) is 71.3 Å². The van der Waals surface area contributed by atoms with Gasteiger partial charge >= 0.3 is 0 Å². The number of fused-ring (bicyclic) bond motifs is 1. The molecule has 10 heteroatoms. The number of aromatic nitrogens is 4. The predicted octanol–water partition coefficient (Wildman–Crippen LogP) is 3.88. The van der Waals surface area contributed by atoms with Crippen molar-refractivity contribution in [2.75, 3.05) is 6.26 Å². The summed E-state index contributed by atoms with van der Waals surface area (Å²) in [6.45, 7) is 0.228. The lowest BCUT2D eigenvalue weighted by molar-refractivity contribution is 0.601. The minimum atomic E-state index is -3.48. The van der Waals surface area contributed by atoms with Crippen molar-refractivity contribution in [3.63, 3.8) is 0 Å². The fraction of sp³-hybridized carbons (Fsp3) is 0.105. The Hall–Kier alpha value is -2.91. The molecule has 0 unspecified atom stereocenters. The predicted molar refractivity (Wildman–Crippen MR) is 104 cm³/mol. The summed E-state index contributed by atoms with van der Waals surface area (Å²) in [6.07, 6.45) is 3.46. The number of nitrogens with zero attached hydrogens (tertiary/aromatic N) is 4. The summed E-state index contributed by atoms with van der Waals surface area (Å²) in [7, 11) is -3.48. The summed E-state index contributed by atoms with van der Waals surface area (Å²) >= 11 is 5.81. The molecule has 0 amide bonds. The topological polar surface area (TPSA) is 77.7 Å². The molecule has 0 aliphatic carbocycles. The number of rotatable bonds is 4. The van der Waals surface area contributed by atoms with Gasteiger partial charge in [0, 0.05) is 24.4 Å². The van der Waals surface area contributed by atoms with Crippen LogP contribution >= 0.6 is 11.6 Å². The van der Waals surface area contributed by atoms with Gasteiger partial charge in [-0.2, -0.15) is 0 Å². The van der Waals surface area contributed by atoms with Crippen LogP contribution in [-0.4, -0.2) is 34.2 Å². The second kappa shape index (κ2) is 7.16. The highest BCUT2D eigenvalue weighted by molar-refractivity contribution is 7.90. The van der Waals surface area contributed by atoms with Crippen LogP contribution in [0, 0.1) is 11.6 Å². The van der Waals surface area contributed by atoms with Crippen LogP contribution in [0.25, 0.3) is 22.4 Å². The van der Waals surface area contributed by atoms with Crippen molar-refractivity contribution >= 4 is 32.5 Å². The third-order valence-electron chi connectivity index (χ3n) is 4.38. The fourth-order valence-electron chi connectivity index (χ4n) is 2.98. The van der Waals surface area contributed by atoms with Crippen LogP contribution < -0.4 is 0 Å². The molecular weight excluding hydrogens is 422 g/mol. The van der Waals surface area contributed by atoms with Gasteiger partial charge in [-0.3, -0.25) is 0 Å². The normalized spacial score (nSPS) is 11.9. The van der Waals surface area contributed by atoms with Crippen LogP contribution in [0.2, 0.25) is 5.15 Å². The molecule has 0 radical (unpaired) electrons. The van der Waals surface area contributed by atoms with E-state index >= 15 is 0 Å². The molecule has 0 spiro atoms. The van der Waals surface area contributed by atoms with Gasteiger partial charge in [-0.1, -0.05) is 23.7 Å². The van der Waals surface area contributed by atoms with E-state index in [1.807, 2.05) is 0 Å². The van der Waals surface area contributed by atoms with Gasteiger partial charge in [0.25, 0.3) is 0 Å². The molecule has 29 heavy (non-hydrogen) atoms. The van der Waals surface area contributed by atoms with Crippen LogP contribution in [0.1, 0.15) is 5.56 Å². The van der Waals surface area contributed by atoms with Crippen molar-refractivity contribution in [2.24, 2.45) is 0 Å². The fourth-order valence-corrected chi connectivity index (χ4v) is 3.70. The second-order valence-corrected chi connectivity index (χ2v) is 8.80. The maximum atomic E-state index is 14.6. The van der Waals surface area contributed by atoms with E-state index in [1.165, 1.54) is 24.4 Å². The van der Waals surface area contributed by atoms with Gasteiger partial charge in [0.1, 0.15) is 23.5 Å². The van der Waals surface area contributed by atoms with E-state index in [4.69, 9.17) is 11.6 Å². The van der Waals surface area contributed by atoms with Crippen LogP contribution in [0.4, 0.5) is 8.78 Å². The molecule has 0 saturated carbocycles. The van der Waals surface area contributed by atoms with E-state index in [0.717, 1.165) is 18.1 Å². The standard InChI is InChI=1S/C19H13ClF2N4O2S/c1-29(27,28)14-6-12-7-15(17-16(22)18(20)25-10-24-17)26(19(12)23-8-14)9-11-2-4-13(21)5-3-11/h2-8,10H,9H2,1H3. The Morgan fingerprint density at radius 1 is 1.07 bits per heavy atom. The smallest absolute Gasteiger partial charge is 0.188 e. The highest BCUT2D eigenvalue weighted by atomic mass is 35.5. The van der Waals surface area contributed by atoms with E-state index < -0.39 is 15.7 Å². The average molecular weight is 435 g/mol. The highest BCUT2D eigenvalue weighted by Gasteiger charge is 2.20. The summed E-state index contributed by atoms with van der Waals surface area (Å²) in [5.74, 6) is -1.18. The molecular formula is C19H13ClF2N4O2S. The zero-order chi connectivity index (χ0) is 20.8. The Bertz CT molecular complexity index is 1340. The van der Waals surface area contributed by atoms with Gasteiger partial charge in [0.15, 0.2) is 20.8 Å². The van der Waals surface area contributed by atoms with Gasteiger partial charge < -0.3 is 4.57 Å². The third kappa shape index (κ3) is 3.70. The molecule has 0 atom stereocenters. The molecule has 0 aliphatic rings. The maximum absolute atomic E-state index is 14.6. The van der Waals surface area contributed by atoms with E-state index in [9.17, 15) is 17.2 Å². The molecule has 1 aromatic carbocycles. The Kier molecular flexibility index (Phi) is 4.79. The first-order chi connectivity index (χ1) is 13.7. The summed E-state index contributed by atoms with van der Waals surface area (Å²) in [5.41, 5.74) is 1.45. The van der Waals surface area contributed by atoms with Gasteiger partial charge in [0.2, 0.25) is 0 Å². The van der Waals surface area contributed by atoms with E-state index in [1.54, 1.807) is 22.8 Å². The summed E-state index contributed by atoms with van der Waals surface area (Å²) in [5, 5.41) is 0.151. The summed E-state index contributed by atoms with van der Waals surface area (Å²) in [4.78, 5) is 11.9. The van der Waals surface area contributed by atoms with Gasteiger partial charge in [-0.05, 0) is 29.8 Å². The Balaban J connectivity index is 1.96. The van der Waals surface area contributed by atoms with Crippen molar-refractivity contribution in [2.45, 2.75) is 11.4 Å². The first-order valence-corrected chi connectivity index (χ1v) is 10.6. The number of hydrogen-bond acceptors (Lipinski definition) is 5. The van der Waals surface area contributed by atoms with Crippen LogP contribution in [0.15, 0.2) is 53.8 Å². The quantitative estimate of drug-likeness (QED) is 0.455. The molecule has 0 aliphatic heterocycles. The molecule has 148 valence electrons. The lowest BCUT2D eigenvalue weighted by Gasteiger charge is -2.11. The first-order valence-electron chi connectivity index (χ1n) is 8.34. The molecule has 0 fully saturated rings. The van der Waals surface area contributed by atoms with Crippen LogP contribution in [0.3, 0.4) is 0 Å². The van der Waals surface area contributed by atoms with Crippen LogP contribution in [-0.2, 0) is 16.4 Å². The van der Waals surface area contributed by atoms with E-state index in [0.29, 0.717) is 16.7 Å². The molecule has 4 rings (SSSR count). The average Bonchev–Trinajstić information content (AvgIpc) is 3.02. The zero-order valence-corrected chi connectivity index (χ0v) is 16.5. The lowest BCUT2D eigenvalue weighted by Crippen LogP contribution is -2.06. The first kappa shape index (κ1) is 19.4. The largest absolute Gasteiger partial charge is 0.319 e. The third-order valence-corrected chi connectivity index (χ3v) is 5.72. The Morgan fingerprint density at radius 3 is 2.48 bits per heavy atom. The molecule has 3 heterocycles. The van der Waals surface area contributed by atoms with Gasteiger partial charge in [-0.25, -0.2) is 32.2 Å². The number of benzene rings is 1. The summed E-state index contributed by atoms with van der Waals surface area (Å²) in [6, 6.07) is 8.87. The molecule has 0 saturated heterocycles. The minimum absolute atomic E-state index is 0.0386. The molecule has 3 aromatic heterocycles. The van der Waals surface area contributed by atoms with E-state index in [2.05, 4.69) is 15.0 Å². The Labute approximate surface area is 169 Å². The number of pyridine rings is 1. The molecule has 6 nitrogen and oxygen atoms in total. The second-order valence-electron chi connectivity index (χ2n) is 6.43. The van der Waals surface area contributed by atoms with Crippen molar-refractivity contribution in [1.82, 2.24) is 19.5 Å². The van der Waals surface area contributed by atoms with Gasteiger partial charge in [-0.15, -0.1) is 0 Å². The summed E-state index contributed by atoms with van der Waals surface area (Å²) < 4.78 is 53.3. The van der Waals surface area contributed by atoms with E-state index in [-0.39, 0.29) is 28.1 Å². The monoisotopic (exact) mass is 434 g/mol. The highest BCUT2D eigenvalue weighted by Crippen LogP contribution is 2.31. The van der Waals surface area contributed by atoms with Crippen LogP contribution in [0.5, 0.6) is 0 Å². The SMILES string of the molecule is CS(=O)(=O)c1cnc2c(c1)cc(-c1ncnc(Cl)c1F)n2Cc1ccc(F)cc1. The Morgan fingerprint density at radius 2 is 1.79 bits per heavy atom. The maximum Gasteiger partial charge on any atom is 0.188 e. The lowest BCUT2D eigenvalue weighted by atomic mass is 10.2. The molecule has 0 bridgehead atoms. The number of sulfone groups is 1. The van der Waals surface area contributed by atoms with Crippen molar-refractivity contribution < 1.29 is 17.2 Å². The van der Waals surface area contributed by atoms with Gasteiger partial charge in [0.05, 0.1) is 10.6 Å².